The van der Waals surface area contributed by atoms with Crippen LogP contribution in [0.25, 0.3) is 0 Å². The van der Waals surface area contributed by atoms with E-state index < -0.39 is 21.9 Å². The van der Waals surface area contributed by atoms with Crippen molar-refractivity contribution in [3.05, 3.63) is 53.9 Å². The van der Waals surface area contributed by atoms with Gasteiger partial charge < -0.3 is 4.90 Å². The minimum atomic E-state index is -4.55. The molecule has 1 fully saturated rings. The first kappa shape index (κ1) is 19.6. The molecule has 0 spiro atoms. The van der Waals surface area contributed by atoms with Gasteiger partial charge in [0, 0.05) is 32.4 Å². The van der Waals surface area contributed by atoms with Gasteiger partial charge in [0.05, 0.1) is 5.75 Å². The highest BCUT2D eigenvalue weighted by Gasteiger charge is 2.36. The van der Waals surface area contributed by atoms with Crippen LogP contribution in [0.2, 0.25) is 0 Å². The Kier molecular flexibility index (Phi) is 5.38. The molecule has 27 heavy (non-hydrogen) atoms. The maximum absolute atomic E-state index is 12.8. The second-order valence-electron chi connectivity index (χ2n) is 6.39. The molecule has 0 bridgehead atoms. The van der Waals surface area contributed by atoms with E-state index in [9.17, 15) is 21.6 Å². The van der Waals surface area contributed by atoms with Crippen molar-refractivity contribution in [3.8, 4) is 0 Å². The van der Waals surface area contributed by atoms with Crippen LogP contribution in [-0.4, -0.2) is 48.9 Å². The quantitative estimate of drug-likeness (QED) is 0.772. The number of hydrogen-bond donors (Lipinski definition) is 0. The minimum absolute atomic E-state index is 0.0406. The van der Waals surface area contributed by atoms with E-state index >= 15 is 0 Å². The summed E-state index contributed by atoms with van der Waals surface area (Å²) >= 11 is 0. The summed E-state index contributed by atoms with van der Waals surface area (Å²) in [6, 6.07) is 9.29. The summed E-state index contributed by atoms with van der Waals surface area (Å²) in [5.74, 6) is -0.165. The average Bonchev–Trinajstić information content (AvgIpc) is 3.11. The van der Waals surface area contributed by atoms with Crippen LogP contribution in [0.5, 0.6) is 0 Å². The lowest BCUT2D eigenvalue weighted by molar-refractivity contribution is -0.141. The molecule has 146 valence electrons. The van der Waals surface area contributed by atoms with Crippen molar-refractivity contribution in [2.24, 2.45) is 0 Å². The Morgan fingerprint density at radius 2 is 1.93 bits per heavy atom. The Balaban J connectivity index is 1.70. The van der Waals surface area contributed by atoms with E-state index in [0.29, 0.717) is 18.5 Å². The molecule has 0 N–H and O–H groups in total. The second-order valence-corrected chi connectivity index (χ2v) is 8.41. The number of likely N-dealkylation sites (N-methyl/N-ethyl adjacent to an activating group) is 1. The molecule has 1 aromatic carbocycles. The van der Waals surface area contributed by atoms with Crippen molar-refractivity contribution in [2.45, 2.75) is 24.4 Å². The molecule has 1 aliphatic rings. The maximum Gasteiger partial charge on any atom is 0.433 e. The number of rotatable bonds is 5. The summed E-state index contributed by atoms with van der Waals surface area (Å²) in [4.78, 5) is 9.05. The largest absolute Gasteiger partial charge is 0.433 e. The van der Waals surface area contributed by atoms with Crippen LogP contribution in [0, 0.1) is 0 Å². The average molecular weight is 400 g/mol. The minimum Gasteiger partial charge on any atom is -0.339 e. The maximum atomic E-state index is 12.8. The van der Waals surface area contributed by atoms with E-state index in [4.69, 9.17) is 0 Å². The predicted molar refractivity (Wildman–Crippen MR) is 94.5 cm³/mol. The molecular formula is C17H19F3N4O2S. The van der Waals surface area contributed by atoms with Gasteiger partial charge >= 0.3 is 6.18 Å². The van der Waals surface area contributed by atoms with Gasteiger partial charge in [0.25, 0.3) is 0 Å². The first-order chi connectivity index (χ1) is 12.7. The van der Waals surface area contributed by atoms with Crippen LogP contribution in [0.15, 0.2) is 42.6 Å². The molecule has 2 aromatic rings. The molecule has 3 rings (SSSR count). The molecule has 10 heteroatoms. The fourth-order valence-corrected chi connectivity index (χ4v) is 4.44. The third-order valence-electron chi connectivity index (χ3n) is 4.52. The smallest absolute Gasteiger partial charge is 0.339 e. The van der Waals surface area contributed by atoms with Crippen LogP contribution in [-0.2, 0) is 22.0 Å². The molecule has 2 heterocycles. The molecule has 1 unspecified atom stereocenters. The molecule has 0 saturated carbocycles. The molecule has 1 saturated heterocycles. The van der Waals surface area contributed by atoms with Crippen LogP contribution < -0.4 is 4.90 Å². The zero-order valence-corrected chi connectivity index (χ0v) is 15.4. The molecule has 0 radical (unpaired) electrons. The SMILES string of the molecule is CN(C1CCN(c2nccc(C(F)(F)F)n2)C1)S(=O)(=O)Cc1ccccc1. The van der Waals surface area contributed by atoms with E-state index in [1.165, 1.54) is 11.4 Å². The third-order valence-corrected chi connectivity index (χ3v) is 6.40. The standard InChI is InChI=1S/C17H19F3N4O2S/c1-23(27(25,26)12-13-5-3-2-4-6-13)14-8-10-24(11-14)16-21-9-7-15(22-16)17(18,19)20/h2-7,9,14H,8,10-12H2,1H3. The van der Waals surface area contributed by atoms with Crippen LogP contribution in [0.1, 0.15) is 17.7 Å². The first-order valence-electron chi connectivity index (χ1n) is 8.31. The zero-order valence-electron chi connectivity index (χ0n) is 14.6. The van der Waals surface area contributed by atoms with E-state index in [0.717, 1.165) is 12.3 Å². The lowest BCUT2D eigenvalue weighted by atomic mass is 10.2. The Morgan fingerprint density at radius 1 is 1.22 bits per heavy atom. The normalized spacial score (nSPS) is 18.3. The zero-order chi connectivity index (χ0) is 19.7. The van der Waals surface area contributed by atoms with Crippen molar-refractivity contribution in [3.63, 3.8) is 0 Å². The van der Waals surface area contributed by atoms with Crippen molar-refractivity contribution >= 4 is 16.0 Å². The van der Waals surface area contributed by atoms with Gasteiger partial charge in [0.2, 0.25) is 16.0 Å². The number of sulfonamides is 1. The Labute approximate surface area is 155 Å². The fourth-order valence-electron chi connectivity index (χ4n) is 2.99. The summed E-state index contributed by atoms with van der Waals surface area (Å²) in [6.45, 7) is 0.628. The molecular weight excluding hydrogens is 381 g/mol. The topological polar surface area (TPSA) is 66.4 Å². The van der Waals surface area contributed by atoms with Gasteiger partial charge in [-0.15, -0.1) is 0 Å². The van der Waals surface area contributed by atoms with Gasteiger partial charge in [-0.3, -0.25) is 0 Å². The van der Waals surface area contributed by atoms with E-state index in [1.807, 2.05) is 6.07 Å². The highest BCUT2D eigenvalue weighted by Crippen LogP contribution is 2.29. The number of anilines is 1. The van der Waals surface area contributed by atoms with Crippen LogP contribution in [0.3, 0.4) is 0 Å². The van der Waals surface area contributed by atoms with Gasteiger partial charge in [0.1, 0.15) is 5.69 Å². The molecule has 0 amide bonds. The summed E-state index contributed by atoms with van der Waals surface area (Å²) < 4.78 is 65.1. The Bertz CT molecular complexity index is 891. The van der Waals surface area contributed by atoms with E-state index in [1.54, 1.807) is 29.2 Å². The summed E-state index contributed by atoms with van der Waals surface area (Å²) in [5.41, 5.74) is -0.332. The predicted octanol–water partition coefficient (Wildman–Crippen LogP) is 2.54. The highest BCUT2D eigenvalue weighted by atomic mass is 32.2. The molecule has 1 aliphatic heterocycles. The van der Waals surface area contributed by atoms with Crippen molar-refractivity contribution < 1.29 is 21.6 Å². The Morgan fingerprint density at radius 3 is 2.59 bits per heavy atom. The Hall–Kier alpha value is -2.20. The lowest BCUT2D eigenvalue weighted by Crippen LogP contribution is -2.39. The van der Waals surface area contributed by atoms with Crippen molar-refractivity contribution in [1.29, 1.82) is 0 Å². The monoisotopic (exact) mass is 400 g/mol. The number of alkyl halides is 3. The van der Waals surface area contributed by atoms with E-state index in [-0.39, 0.29) is 24.3 Å². The summed E-state index contributed by atoms with van der Waals surface area (Å²) in [6.07, 6.45) is -2.99. The number of aromatic nitrogens is 2. The van der Waals surface area contributed by atoms with Gasteiger partial charge in [-0.25, -0.2) is 18.4 Å². The number of benzene rings is 1. The number of hydrogen-bond acceptors (Lipinski definition) is 5. The molecule has 1 atom stereocenters. The van der Waals surface area contributed by atoms with Gasteiger partial charge in [-0.2, -0.15) is 17.5 Å². The number of nitrogens with zero attached hydrogens (tertiary/aromatic N) is 4. The second kappa shape index (κ2) is 7.43. The summed E-state index contributed by atoms with van der Waals surface area (Å²) in [7, 11) is -2.05. The van der Waals surface area contributed by atoms with Crippen LogP contribution in [0.4, 0.5) is 19.1 Å². The fraction of sp³-hybridized carbons (Fsp3) is 0.412. The van der Waals surface area contributed by atoms with Crippen molar-refractivity contribution in [1.82, 2.24) is 14.3 Å². The molecule has 1 aromatic heterocycles. The van der Waals surface area contributed by atoms with E-state index in [2.05, 4.69) is 9.97 Å². The van der Waals surface area contributed by atoms with Gasteiger partial charge in [-0.05, 0) is 18.1 Å². The number of halogens is 3. The van der Waals surface area contributed by atoms with Gasteiger partial charge in [0.15, 0.2) is 0 Å². The first-order valence-corrected chi connectivity index (χ1v) is 9.92. The highest BCUT2D eigenvalue weighted by molar-refractivity contribution is 7.88. The summed E-state index contributed by atoms with van der Waals surface area (Å²) in [5, 5.41) is 0. The van der Waals surface area contributed by atoms with Crippen LogP contribution >= 0.6 is 0 Å². The molecule has 6 nitrogen and oxygen atoms in total. The van der Waals surface area contributed by atoms with Gasteiger partial charge in [-0.1, -0.05) is 30.3 Å². The van der Waals surface area contributed by atoms with Crippen molar-refractivity contribution in [2.75, 3.05) is 25.0 Å². The molecule has 0 aliphatic carbocycles. The third kappa shape index (κ3) is 4.56. The lowest BCUT2D eigenvalue weighted by Gasteiger charge is -2.24.